The number of carboxylic acids is 1. The Bertz CT molecular complexity index is 1250. The van der Waals surface area contributed by atoms with Crippen LogP contribution in [0.15, 0.2) is 47.1 Å². The summed E-state index contributed by atoms with van der Waals surface area (Å²) < 4.78 is 12.5. The summed E-state index contributed by atoms with van der Waals surface area (Å²) in [7, 11) is 0. The van der Waals surface area contributed by atoms with Crippen molar-refractivity contribution < 1.29 is 24.3 Å². The lowest BCUT2D eigenvalue weighted by atomic mass is 10.1. The Kier molecular flexibility index (Phi) is 5.62. The van der Waals surface area contributed by atoms with Crippen LogP contribution in [0.3, 0.4) is 0 Å². The molecule has 31 heavy (non-hydrogen) atoms. The summed E-state index contributed by atoms with van der Waals surface area (Å²) in [6.07, 6.45) is 0.0109. The molecule has 4 rings (SSSR count). The average molecular weight is 443 g/mol. The first kappa shape index (κ1) is 20.8. The van der Waals surface area contributed by atoms with E-state index in [1.807, 2.05) is 19.9 Å². The number of halogens is 1. The molecule has 2 aromatic heterocycles. The minimum atomic E-state index is -1.56. The monoisotopic (exact) mass is 442 g/mol. The summed E-state index contributed by atoms with van der Waals surface area (Å²) in [5, 5.41) is 28.0. The maximum absolute atomic E-state index is 10.9. The van der Waals surface area contributed by atoms with E-state index in [2.05, 4.69) is 15.2 Å². The molecule has 2 N–H and O–H groups in total. The third-order valence-corrected chi connectivity index (χ3v) is 4.82. The number of aliphatic hydroxyl groups excluding tert-OH is 1. The van der Waals surface area contributed by atoms with Gasteiger partial charge in [-0.3, -0.25) is 4.68 Å². The normalized spacial score (nSPS) is 12.4. The van der Waals surface area contributed by atoms with Crippen LogP contribution in [0.5, 0.6) is 5.75 Å². The molecular weight excluding hydrogens is 424 g/mol. The number of rotatable bonds is 7. The number of fused-ring (bicyclic) bond motifs is 1. The number of aliphatic carboxylic acids is 1. The fourth-order valence-electron chi connectivity index (χ4n) is 3.12. The van der Waals surface area contributed by atoms with Gasteiger partial charge in [-0.05, 0) is 38.1 Å². The van der Waals surface area contributed by atoms with Gasteiger partial charge in [-0.25, -0.2) is 4.79 Å². The molecular formula is C21H19ClN4O5. The van der Waals surface area contributed by atoms with Crippen molar-refractivity contribution in [2.75, 3.05) is 0 Å². The lowest BCUT2D eigenvalue weighted by molar-refractivity contribution is -0.147. The molecule has 2 aromatic carbocycles. The van der Waals surface area contributed by atoms with Gasteiger partial charge in [0.05, 0.1) is 29.4 Å². The molecule has 2 heterocycles. The van der Waals surface area contributed by atoms with Crippen LogP contribution in [0.4, 0.5) is 0 Å². The Hall–Kier alpha value is -3.43. The number of ether oxygens (including phenoxy) is 1. The van der Waals surface area contributed by atoms with E-state index in [4.69, 9.17) is 26.0 Å². The highest BCUT2D eigenvalue weighted by atomic mass is 35.5. The van der Waals surface area contributed by atoms with E-state index in [0.717, 1.165) is 0 Å². The molecule has 0 aliphatic carbocycles. The number of carboxylic acid groups (broad SMARTS) is 1. The minimum Gasteiger partial charge on any atom is -0.489 e. The second-order valence-electron chi connectivity index (χ2n) is 7.15. The van der Waals surface area contributed by atoms with Gasteiger partial charge in [-0.1, -0.05) is 28.9 Å². The molecule has 0 aliphatic rings. The van der Waals surface area contributed by atoms with Crippen molar-refractivity contribution in [1.29, 1.82) is 0 Å². The first-order valence-corrected chi connectivity index (χ1v) is 9.87. The SMILES string of the molecule is CC(C)Oc1ccc(-c2nc(-c3cccc4c3cnn4CC(O)C(=O)O)no2)cc1Cl. The van der Waals surface area contributed by atoms with Gasteiger partial charge in [0.15, 0.2) is 6.10 Å². The van der Waals surface area contributed by atoms with Gasteiger partial charge in [0.2, 0.25) is 5.82 Å². The smallest absolute Gasteiger partial charge is 0.334 e. The fourth-order valence-corrected chi connectivity index (χ4v) is 3.34. The highest BCUT2D eigenvalue weighted by molar-refractivity contribution is 6.32. The van der Waals surface area contributed by atoms with Crippen molar-refractivity contribution in [1.82, 2.24) is 19.9 Å². The van der Waals surface area contributed by atoms with Crippen LogP contribution >= 0.6 is 11.6 Å². The zero-order chi connectivity index (χ0) is 22.1. The maximum Gasteiger partial charge on any atom is 0.334 e. The number of hydrogen-bond donors (Lipinski definition) is 2. The Morgan fingerprint density at radius 1 is 1.29 bits per heavy atom. The molecule has 0 radical (unpaired) electrons. The molecule has 0 spiro atoms. The average Bonchev–Trinajstić information content (AvgIpc) is 3.37. The third kappa shape index (κ3) is 4.23. The van der Waals surface area contributed by atoms with E-state index in [9.17, 15) is 9.90 Å². The second kappa shape index (κ2) is 8.37. The van der Waals surface area contributed by atoms with E-state index >= 15 is 0 Å². The van der Waals surface area contributed by atoms with Crippen LogP contribution in [0.25, 0.3) is 33.7 Å². The molecule has 1 unspecified atom stereocenters. The van der Waals surface area contributed by atoms with Crippen LogP contribution in [0.1, 0.15) is 13.8 Å². The number of hydrogen-bond acceptors (Lipinski definition) is 7. The molecule has 0 saturated carbocycles. The molecule has 9 nitrogen and oxygen atoms in total. The summed E-state index contributed by atoms with van der Waals surface area (Å²) in [4.78, 5) is 15.4. The molecule has 1 atom stereocenters. The van der Waals surface area contributed by atoms with Crippen LogP contribution in [-0.2, 0) is 11.3 Å². The van der Waals surface area contributed by atoms with E-state index in [0.29, 0.717) is 44.5 Å². The van der Waals surface area contributed by atoms with Gasteiger partial charge in [-0.15, -0.1) is 0 Å². The number of carbonyl (C=O) groups is 1. The lowest BCUT2D eigenvalue weighted by Gasteiger charge is -2.11. The van der Waals surface area contributed by atoms with Crippen LogP contribution in [0.2, 0.25) is 5.02 Å². The first-order chi connectivity index (χ1) is 14.8. The van der Waals surface area contributed by atoms with Crippen molar-refractivity contribution >= 4 is 28.5 Å². The molecule has 0 aliphatic heterocycles. The lowest BCUT2D eigenvalue weighted by Crippen LogP contribution is -2.25. The fraction of sp³-hybridized carbons (Fsp3) is 0.238. The minimum absolute atomic E-state index is 0.00336. The predicted octanol–water partition coefficient (Wildman–Crippen LogP) is 3.64. The van der Waals surface area contributed by atoms with E-state index in [1.165, 1.54) is 4.68 Å². The van der Waals surface area contributed by atoms with Crippen LogP contribution in [-0.4, -0.2) is 48.3 Å². The van der Waals surface area contributed by atoms with Crippen molar-refractivity contribution in [3.8, 4) is 28.6 Å². The largest absolute Gasteiger partial charge is 0.489 e. The predicted molar refractivity (Wildman–Crippen MR) is 113 cm³/mol. The van der Waals surface area contributed by atoms with Gasteiger partial charge in [-0.2, -0.15) is 10.1 Å². The molecule has 0 saturated heterocycles. The van der Waals surface area contributed by atoms with Crippen molar-refractivity contribution in [3.63, 3.8) is 0 Å². The summed E-state index contributed by atoms with van der Waals surface area (Å²) in [6, 6.07) is 10.6. The third-order valence-electron chi connectivity index (χ3n) is 4.53. The molecule has 0 fully saturated rings. The number of aliphatic hydroxyl groups is 1. The maximum atomic E-state index is 10.9. The van der Waals surface area contributed by atoms with E-state index in [1.54, 1.807) is 36.5 Å². The zero-order valence-corrected chi connectivity index (χ0v) is 17.4. The zero-order valence-electron chi connectivity index (χ0n) is 16.7. The van der Waals surface area contributed by atoms with Crippen molar-refractivity contribution in [3.05, 3.63) is 47.6 Å². The number of nitrogens with zero attached hydrogens (tertiary/aromatic N) is 4. The summed E-state index contributed by atoms with van der Waals surface area (Å²) >= 11 is 6.30. The second-order valence-corrected chi connectivity index (χ2v) is 7.56. The Balaban J connectivity index is 1.66. The van der Waals surface area contributed by atoms with Gasteiger partial charge >= 0.3 is 5.97 Å². The molecule has 0 bridgehead atoms. The van der Waals surface area contributed by atoms with E-state index < -0.39 is 12.1 Å². The van der Waals surface area contributed by atoms with Gasteiger partial charge in [0, 0.05) is 16.5 Å². The van der Waals surface area contributed by atoms with Gasteiger partial charge < -0.3 is 19.5 Å². The van der Waals surface area contributed by atoms with Gasteiger partial charge in [0.1, 0.15) is 5.75 Å². The summed E-state index contributed by atoms with van der Waals surface area (Å²) in [5.74, 6) is -0.108. The highest BCUT2D eigenvalue weighted by Gasteiger charge is 2.19. The molecule has 4 aromatic rings. The van der Waals surface area contributed by atoms with Crippen molar-refractivity contribution in [2.45, 2.75) is 32.6 Å². The Labute approximate surface area is 181 Å². The number of aromatic nitrogens is 4. The first-order valence-electron chi connectivity index (χ1n) is 9.49. The number of benzene rings is 2. The highest BCUT2D eigenvalue weighted by Crippen LogP contribution is 2.32. The van der Waals surface area contributed by atoms with Crippen molar-refractivity contribution in [2.24, 2.45) is 0 Å². The topological polar surface area (TPSA) is 124 Å². The Morgan fingerprint density at radius 3 is 2.81 bits per heavy atom. The summed E-state index contributed by atoms with van der Waals surface area (Å²) in [5.41, 5.74) is 1.95. The Morgan fingerprint density at radius 2 is 2.10 bits per heavy atom. The summed E-state index contributed by atoms with van der Waals surface area (Å²) in [6.45, 7) is 3.66. The van der Waals surface area contributed by atoms with Crippen LogP contribution in [0, 0.1) is 0 Å². The van der Waals surface area contributed by atoms with Gasteiger partial charge in [0.25, 0.3) is 5.89 Å². The standard InChI is InChI=1S/C21H19ClN4O5/c1-11(2)30-18-7-6-12(8-15(18)22)20-24-19(25-31-20)13-4-3-5-16-14(13)9-23-26(16)10-17(27)21(28)29/h3-9,11,17,27H,10H2,1-2H3,(H,28,29). The molecule has 10 heteroatoms. The quantitative estimate of drug-likeness (QED) is 0.444. The molecule has 160 valence electrons. The van der Waals surface area contributed by atoms with Crippen LogP contribution < -0.4 is 4.74 Å². The molecule has 0 amide bonds. The van der Waals surface area contributed by atoms with E-state index in [-0.39, 0.29) is 12.6 Å².